The van der Waals surface area contributed by atoms with Crippen molar-refractivity contribution in [2.75, 3.05) is 26.7 Å². The van der Waals surface area contributed by atoms with Crippen molar-refractivity contribution in [1.82, 2.24) is 10.2 Å². The highest BCUT2D eigenvalue weighted by atomic mass is 16.5. The third-order valence-corrected chi connectivity index (χ3v) is 4.96. The van der Waals surface area contributed by atoms with Gasteiger partial charge in [0.1, 0.15) is 0 Å². The molecule has 0 saturated heterocycles. The van der Waals surface area contributed by atoms with Gasteiger partial charge >= 0.3 is 0 Å². The van der Waals surface area contributed by atoms with Crippen molar-refractivity contribution >= 4 is 5.91 Å². The van der Waals surface area contributed by atoms with Gasteiger partial charge in [0.25, 0.3) is 0 Å². The molecule has 0 aliphatic heterocycles. The molecule has 2 saturated carbocycles. The fraction of sp³-hybridized carbons (Fsp3) is 0.812. The van der Waals surface area contributed by atoms with E-state index >= 15 is 0 Å². The molecule has 4 nitrogen and oxygen atoms in total. The third kappa shape index (κ3) is 2.84. The molecule has 0 aromatic heterocycles. The van der Waals surface area contributed by atoms with Gasteiger partial charge < -0.3 is 10.1 Å². The van der Waals surface area contributed by atoms with Crippen LogP contribution < -0.4 is 5.32 Å². The Bertz CT molecular complexity index is 382. The van der Waals surface area contributed by atoms with Gasteiger partial charge in [0.05, 0.1) is 19.2 Å². The van der Waals surface area contributed by atoms with Crippen LogP contribution in [0.2, 0.25) is 0 Å². The lowest BCUT2D eigenvalue weighted by Gasteiger charge is -2.57. The van der Waals surface area contributed by atoms with E-state index in [-0.39, 0.29) is 11.3 Å². The Morgan fingerprint density at radius 1 is 1.50 bits per heavy atom. The molecule has 20 heavy (non-hydrogen) atoms. The van der Waals surface area contributed by atoms with Gasteiger partial charge in [-0.2, -0.15) is 0 Å². The van der Waals surface area contributed by atoms with Crippen LogP contribution in [0.3, 0.4) is 0 Å². The molecule has 0 heterocycles. The predicted octanol–water partition coefficient (Wildman–Crippen LogP) is 1.41. The molecule has 4 heteroatoms. The van der Waals surface area contributed by atoms with Crippen LogP contribution in [0.1, 0.15) is 39.0 Å². The molecule has 2 atom stereocenters. The average Bonchev–Trinajstić information content (AvgIpc) is 2.92. The van der Waals surface area contributed by atoms with Crippen molar-refractivity contribution in [1.29, 1.82) is 0 Å². The quantitative estimate of drug-likeness (QED) is 0.747. The number of carbonyl (C=O) groups excluding carboxylic acids is 1. The number of hydrogen-bond donors (Lipinski definition) is 1. The lowest BCUT2D eigenvalue weighted by molar-refractivity contribution is -0.163. The van der Waals surface area contributed by atoms with Crippen molar-refractivity contribution < 1.29 is 9.53 Å². The molecule has 0 radical (unpaired) electrons. The van der Waals surface area contributed by atoms with Crippen LogP contribution in [0, 0.1) is 17.8 Å². The molecule has 0 aromatic carbocycles. The van der Waals surface area contributed by atoms with E-state index in [4.69, 9.17) is 11.2 Å². The number of rotatable bonds is 6. The van der Waals surface area contributed by atoms with E-state index in [1.54, 1.807) is 0 Å². The van der Waals surface area contributed by atoms with Crippen molar-refractivity contribution in [2.24, 2.45) is 5.41 Å². The number of nitrogens with zero attached hydrogens (tertiary/aromatic N) is 1. The predicted molar refractivity (Wildman–Crippen MR) is 79.2 cm³/mol. The van der Waals surface area contributed by atoms with Crippen LogP contribution in [-0.2, 0) is 9.53 Å². The maximum Gasteiger partial charge on any atom is 0.234 e. The van der Waals surface area contributed by atoms with E-state index in [0.717, 1.165) is 13.0 Å². The maximum absolute atomic E-state index is 11.8. The number of terminal acetylenes is 1. The summed E-state index contributed by atoms with van der Waals surface area (Å²) < 4.78 is 5.91. The van der Waals surface area contributed by atoms with Crippen LogP contribution in [0.25, 0.3) is 0 Å². The van der Waals surface area contributed by atoms with E-state index in [9.17, 15) is 4.79 Å². The molecule has 1 N–H and O–H groups in total. The number of amides is 1. The molecule has 2 fully saturated rings. The fourth-order valence-electron chi connectivity index (χ4n) is 4.01. The fourth-order valence-corrected chi connectivity index (χ4v) is 4.01. The molecule has 1 spiro atoms. The van der Waals surface area contributed by atoms with Crippen molar-refractivity contribution in [3.8, 4) is 12.3 Å². The molecule has 0 unspecified atom stereocenters. The highest BCUT2D eigenvalue weighted by molar-refractivity contribution is 5.78. The molecule has 0 aromatic rings. The van der Waals surface area contributed by atoms with E-state index in [1.807, 2.05) is 7.05 Å². The second-order valence-electron chi connectivity index (χ2n) is 6.03. The highest BCUT2D eigenvalue weighted by Crippen LogP contribution is 2.56. The average molecular weight is 278 g/mol. The lowest BCUT2D eigenvalue weighted by atomic mass is 9.60. The van der Waals surface area contributed by atoms with E-state index in [0.29, 0.717) is 25.2 Å². The summed E-state index contributed by atoms with van der Waals surface area (Å²) in [6.07, 6.45) is 11.6. The summed E-state index contributed by atoms with van der Waals surface area (Å²) in [5.41, 5.74) is 0.289. The molecule has 2 rings (SSSR count). The standard InChI is InChI=1S/C16H26N2O2/c1-4-10-17-15(19)12-18(3)13-11-14(20-5-2)16(13)8-6-7-9-16/h1,13-14H,5-12H2,2-3H3,(H,17,19)/t13-,14+/m1/s1. The Kier molecular flexibility index (Phi) is 5.06. The van der Waals surface area contributed by atoms with Gasteiger partial charge in [-0.3, -0.25) is 9.69 Å². The highest BCUT2D eigenvalue weighted by Gasteiger charge is 2.57. The van der Waals surface area contributed by atoms with Gasteiger partial charge in [-0.15, -0.1) is 6.42 Å². The Labute approximate surface area is 122 Å². The van der Waals surface area contributed by atoms with Crippen molar-refractivity contribution in [3.63, 3.8) is 0 Å². The minimum Gasteiger partial charge on any atom is -0.378 e. The summed E-state index contributed by atoms with van der Waals surface area (Å²) in [4.78, 5) is 14.0. The third-order valence-electron chi connectivity index (χ3n) is 4.96. The smallest absolute Gasteiger partial charge is 0.234 e. The number of likely N-dealkylation sites (N-methyl/N-ethyl adjacent to an activating group) is 1. The van der Waals surface area contributed by atoms with Gasteiger partial charge in [-0.1, -0.05) is 18.8 Å². The number of nitrogens with one attached hydrogen (secondary N) is 1. The van der Waals surface area contributed by atoms with Crippen LogP contribution in [0.15, 0.2) is 0 Å². The summed E-state index contributed by atoms with van der Waals surface area (Å²) in [6, 6.07) is 0.470. The normalized spacial score (nSPS) is 27.3. The Morgan fingerprint density at radius 2 is 2.20 bits per heavy atom. The zero-order chi connectivity index (χ0) is 14.6. The van der Waals surface area contributed by atoms with Gasteiger partial charge in [0.2, 0.25) is 5.91 Å². The van der Waals surface area contributed by atoms with Gasteiger partial charge in [0, 0.05) is 18.1 Å². The molecule has 2 aliphatic rings. The number of hydrogen-bond acceptors (Lipinski definition) is 3. The molecular weight excluding hydrogens is 252 g/mol. The Balaban J connectivity index is 1.92. The first-order chi connectivity index (χ1) is 9.64. The summed E-state index contributed by atoms with van der Waals surface area (Å²) in [5, 5.41) is 2.73. The minimum absolute atomic E-state index is 0.0125. The zero-order valence-electron chi connectivity index (χ0n) is 12.7. The SMILES string of the molecule is C#CCNC(=O)CN(C)[C@@H]1C[C@H](OCC)C12CCCC2. The second kappa shape index (κ2) is 6.60. The van der Waals surface area contributed by atoms with E-state index < -0.39 is 0 Å². The zero-order valence-corrected chi connectivity index (χ0v) is 12.7. The van der Waals surface area contributed by atoms with Crippen LogP contribution in [-0.4, -0.2) is 49.7 Å². The summed E-state index contributed by atoms with van der Waals surface area (Å²) in [6.45, 7) is 3.58. The lowest BCUT2D eigenvalue weighted by Crippen LogP contribution is -2.63. The first-order valence-corrected chi connectivity index (χ1v) is 7.66. The summed E-state index contributed by atoms with van der Waals surface area (Å²) in [7, 11) is 2.04. The molecule has 2 aliphatic carbocycles. The van der Waals surface area contributed by atoms with Gasteiger partial charge in [-0.05, 0) is 33.2 Å². The van der Waals surface area contributed by atoms with Crippen LogP contribution in [0.5, 0.6) is 0 Å². The van der Waals surface area contributed by atoms with E-state index in [1.165, 1.54) is 25.7 Å². The van der Waals surface area contributed by atoms with E-state index in [2.05, 4.69) is 23.1 Å². The summed E-state index contributed by atoms with van der Waals surface area (Å²) >= 11 is 0. The second-order valence-corrected chi connectivity index (χ2v) is 6.03. The van der Waals surface area contributed by atoms with Gasteiger partial charge in [-0.25, -0.2) is 0 Å². The summed E-state index contributed by atoms with van der Waals surface area (Å²) in [5.74, 6) is 2.44. The monoisotopic (exact) mass is 278 g/mol. The van der Waals surface area contributed by atoms with Gasteiger partial charge in [0.15, 0.2) is 0 Å². The molecule has 0 bridgehead atoms. The Hall–Kier alpha value is -1.05. The first kappa shape index (κ1) is 15.3. The van der Waals surface area contributed by atoms with Crippen LogP contribution >= 0.6 is 0 Å². The van der Waals surface area contributed by atoms with Crippen molar-refractivity contribution in [3.05, 3.63) is 0 Å². The minimum atomic E-state index is 0.0125. The number of carbonyl (C=O) groups is 1. The van der Waals surface area contributed by atoms with Crippen LogP contribution in [0.4, 0.5) is 0 Å². The Morgan fingerprint density at radius 3 is 2.80 bits per heavy atom. The van der Waals surface area contributed by atoms with Crippen molar-refractivity contribution in [2.45, 2.75) is 51.2 Å². The topological polar surface area (TPSA) is 41.6 Å². The molecule has 112 valence electrons. The maximum atomic E-state index is 11.8. The largest absolute Gasteiger partial charge is 0.378 e. The molecule has 1 amide bonds. The number of ether oxygens (including phenoxy) is 1. The first-order valence-electron chi connectivity index (χ1n) is 7.66. The molecular formula is C16H26N2O2.